The molecule has 120 valence electrons. The molecule has 1 aliphatic heterocycles. The Balaban J connectivity index is 0.00000220. The van der Waals surface area contributed by atoms with Gasteiger partial charge in [0.25, 0.3) is 0 Å². The van der Waals surface area contributed by atoms with Crippen molar-refractivity contribution in [2.45, 2.75) is 51.3 Å². The normalized spacial score (nSPS) is 24.2. The van der Waals surface area contributed by atoms with E-state index in [-0.39, 0.29) is 12.4 Å². The molecule has 5 heteroatoms. The zero-order valence-corrected chi connectivity index (χ0v) is 14.1. The third-order valence-corrected chi connectivity index (χ3v) is 4.31. The summed E-state index contributed by atoms with van der Waals surface area (Å²) in [5, 5.41) is 10.8. The molecule has 0 saturated carbocycles. The molecule has 0 bridgehead atoms. The minimum Gasteiger partial charge on any atom is -1.00 e. The van der Waals surface area contributed by atoms with Crippen molar-refractivity contribution < 1.29 is 22.3 Å². The number of hydrogen-bond acceptors (Lipinski definition) is 3. The lowest BCUT2D eigenvalue weighted by Gasteiger charge is -2.40. The van der Waals surface area contributed by atoms with E-state index in [1.165, 1.54) is 19.3 Å². The van der Waals surface area contributed by atoms with Crippen molar-refractivity contribution in [3.63, 3.8) is 0 Å². The van der Waals surface area contributed by atoms with E-state index in [2.05, 4.69) is 18.7 Å². The molecule has 1 aliphatic rings. The molecule has 1 saturated heterocycles. The number of rotatable bonds is 5. The number of nitrogens with zero attached hydrogens (tertiary/aromatic N) is 1. The molecule has 0 amide bonds. The molecule has 1 heterocycles. The fraction of sp³-hybridized carbons (Fsp3) is 0.625. The fourth-order valence-electron chi connectivity index (χ4n) is 2.85. The van der Waals surface area contributed by atoms with Crippen molar-refractivity contribution in [1.82, 2.24) is 4.90 Å². The lowest BCUT2D eigenvalue weighted by atomic mass is 9.97. The van der Waals surface area contributed by atoms with Gasteiger partial charge in [0.15, 0.2) is 0 Å². The van der Waals surface area contributed by atoms with E-state index in [0.717, 1.165) is 5.75 Å². The van der Waals surface area contributed by atoms with Gasteiger partial charge in [0, 0.05) is 23.7 Å². The fourth-order valence-corrected chi connectivity index (χ4v) is 2.98. The summed E-state index contributed by atoms with van der Waals surface area (Å²) in [5.41, 5.74) is 0. The highest BCUT2D eigenvalue weighted by Crippen LogP contribution is 2.22. The van der Waals surface area contributed by atoms with Crippen molar-refractivity contribution in [2.24, 2.45) is 0 Å². The number of benzene rings is 1. The molecule has 1 aromatic carbocycles. The minimum absolute atomic E-state index is 0. The highest BCUT2D eigenvalue weighted by atomic mass is 35.5. The average Bonchev–Trinajstić information content (AvgIpc) is 2.42. The van der Waals surface area contributed by atoms with Crippen LogP contribution in [-0.2, 0) is 0 Å². The van der Waals surface area contributed by atoms with E-state index in [1.807, 2.05) is 12.1 Å². The summed E-state index contributed by atoms with van der Waals surface area (Å²) in [6.45, 7) is 5.47. The van der Waals surface area contributed by atoms with Crippen molar-refractivity contribution in [3.8, 4) is 5.75 Å². The quantitative estimate of drug-likeness (QED) is 0.844. The Kier molecular flexibility index (Phi) is 7.82. The van der Waals surface area contributed by atoms with Crippen LogP contribution in [-0.4, -0.2) is 41.3 Å². The summed E-state index contributed by atoms with van der Waals surface area (Å²) in [4.78, 5) is 2.39. The highest BCUT2D eigenvalue weighted by molar-refractivity contribution is 6.30. The molecule has 0 aromatic heterocycles. The molecule has 3 nitrogen and oxygen atoms in total. The summed E-state index contributed by atoms with van der Waals surface area (Å²) in [6.07, 6.45) is 3.26. The lowest BCUT2D eigenvalue weighted by molar-refractivity contribution is -0.00000606. The Morgan fingerprint density at radius 1 is 1.24 bits per heavy atom. The largest absolute Gasteiger partial charge is 1.00 e. The SMILES string of the molecule is CC1CCCC(C)N1CC(O)COc1ccc(Cl)cc1.[Cl-]. The van der Waals surface area contributed by atoms with Gasteiger partial charge in [-0.3, -0.25) is 4.90 Å². The average molecular weight is 333 g/mol. The molecule has 1 aromatic rings. The Morgan fingerprint density at radius 3 is 2.38 bits per heavy atom. The zero-order valence-electron chi connectivity index (χ0n) is 12.6. The molecular weight excluding hydrogens is 309 g/mol. The van der Waals surface area contributed by atoms with Gasteiger partial charge in [-0.2, -0.15) is 0 Å². The maximum absolute atomic E-state index is 10.2. The van der Waals surface area contributed by atoms with Gasteiger partial charge in [0.05, 0.1) is 0 Å². The van der Waals surface area contributed by atoms with Crippen LogP contribution in [0, 0.1) is 0 Å². The molecule has 21 heavy (non-hydrogen) atoms. The number of piperidine rings is 1. The second kappa shape index (κ2) is 8.84. The number of halogens is 2. The third-order valence-electron chi connectivity index (χ3n) is 4.05. The number of hydrogen-bond donors (Lipinski definition) is 1. The Morgan fingerprint density at radius 2 is 1.81 bits per heavy atom. The number of aliphatic hydroxyl groups excluding tert-OH is 1. The first-order valence-corrected chi connectivity index (χ1v) is 7.76. The van der Waals surface area contributed by atoms with Crippen molar-refractivity contribution >= 4 is 11.6 Å². The van der Waals surface area contributed by atoms with Crippen LogP contribution in [0.25, 0.3) is 0 Å². The van der Waals surface area contributed by atoms with E-state index in [9.17, 15) is 5.11 Å². The van der Waals surface area contributed by atoms with Gasteiger partial charge in [0.1, 0.15) is 18.5 Å². The predicted molar refractivity (Wildman–Crippen MR) is 82.4 cm³/mol. The van der Waals surface area contributed by atoms with E-state index in [1.54, 1.807) is 12.1 Å². The third kappa shape index (κ3) is 5.67. The van der Waals surface area contributed by atoms with Crippen LogP contribution >= 0.6 is 11.6 Å². The second-order valence-electron chi connectivity index (χ2n) is 5.74. The topological polar surface area (TPSA) is 32.7 Å². The maximum atomic E-state index is 10.2. The first kappa shape index (κ1) is 18.6. The zero-order chi connectivity index (χ0) is 14.5. The van der Waals surface area contributed by atoms with Gasteiger partial charge in [0.2, 0.25) is 0 Å². The van der Waals surface area contributed by atoms with Crippen LogP contribution in [0.5, 0.6) is 5.75 Å². The highest BCUT2D eigenvalue weighted by Gasteiger charge is 2.26. The van der Waals surface area contributed by atoms with Gasteiger partial charge in [-0.05, 0) is 51.0 Å². The smallest absolute Gasteiger partial charge is 0.119 e. The first-order valence-electron chi connectivity index (χ1n) is 7.38. The van der Waals surface area contributed by atoms with E-state index in [0.29, 0.717) is 30.3 Å². The lowest BCUT2D eigenvalue weighted by Crippen LogP contribution is -3.00. The van der Waals surface area contributed by atoms with Crippen LogP contribution in [0.3, 0.4) is 0 Å². The molecule has 0 radical (unpaired) electrons. The summed E-state index contributed by atoms with van der Waals surface area (Å²) < 4.78 is 5.60. The minimum atomic E-state index is -0.464. The maximum Gasteiger partial charge on any atom is 0.119 e. The van der Waals surface area contributed by atoms with Gasteiger partial charge in [-0.15, -0.1) is 0 Å². The summed E-state index contributed by atoms with van der Waals surface area (Å²) >= 11 is 5.82. The monoisotopic (exact) mass is 332 g/mol. The van der Waals surface area contributed by atoms with E-state index in [4.69, 9.17) is 16.3 Å². The molecule has 1 N–H and O–H groups in total. The molecule has 1 fully saturated rings. The molecule has 0 spiro atoms. The van der Waals surface area contributed by atoms with Crippen molar-refractivity contribution in [1.29, 1.82) is 0 Å². The first-order chi connectivity index (χ1) is 9.56. The second-order valence-corrected chi connectivity index (χ2v) is 6.18. The number of β-amino-alcohol motifs (C(OH)–C–C–N with tert-alkyl or cyclic N) is 1. The van der Waals surface area contributed by atoms with Crippen LogP contribution < -0.4 is 17.1 Å². The predicted octanol–water partition coefficient (Wildman–Crippen LogP) is 0.347. The molecule has 3 atom stereocenters. The Labute approximate surface area is 138 Å². The Bertz CT molecular complexity index is 403. The van der Waals surface area contributed by atoms with Crippen LogP contribution in [0.2, 0.25) is 5.02 Å². The van der Waals surface area contributed by atoms with Gasteiger partial charge in [-0.25, -0.2) is 0 Å². The van der Waals surface area contributed by atoms with Crippen LogP contribution in [0.1, 0.15) is 33.1 Å². The van der Waals surface area contributed by atoms with Crippen LogP contribution in [0.15, 0.2) is 24.3 Å². The molecular formula is C16H24Cl2NO2-. The summed E-state index contributed by atoms with van der Waals surface area (Å²) in [7, 11) is 0. The van der Waals surface area contributed by atoms with Gasteiger partial charge < -0.3 is 22.3 Å². The number of ether oxygens (including phenoxy) is 1. The van der Waals surface area contributed by atoms with E-state index < -0.39 is 6.10 Å². The van der Waals surface area contributed by atoms with Gasteiger partial charge >= 0.3 is 0 Å². The Hall–Kier alpha value is -0.480. The molecule has 3 unspecified atom stereocenters. The molecule has 2 rings (SSSR count). The summed E-state index contributed by atoms with van der Waals surface area (Å²) in [5.74, 6) is 0.744. The van der Waals surface area contributed by atoms with Gasteiger partial charge in [-0.1, -0.05) is 18.0 Å². The van der Waals surface area contributed by atoms with Crippen molar-refractivity contribution in [2.75, 3.05) is 13.2 Å². The number of aliphatic hydroxyl groups is 1. The van der Waals surface area contributed by atoms with Crippen molar-refractivity contribution in [3.05, 3.63) is 29.3 Å². The molecule has 0 aliphatic carbocycles. The van der Waals surface area contributed by atoms with E-state index >= 15 is 0 Å². The van der Waals surface area contributed by atoms with Crippen LogP contribution in [0.4, 0.5) is 0 Å². The number of likely N-dealkylation sites (tertiary alicyclic amines) is 1. The standard InChI is InChI=1S/C16H24ClNO2.ClH/c1-12-4-3-5-13(2)18(12)10-15(19)11-20-16-8-6-14(17)7-9-16;/h6-9,12-13,15,19H,3-5,10-11H2,1-2H3;1H/p-1. The summed E-state index contributed by atoms with van der Waals surface area (Å²) in [6, 6.07) is 8.31.